The zero-order valence-electron chi connectivity index (χ0n) is 47.7. The summed E-state index contributed by atoms with van der Waals surface area (Å²) in [7, 11) is 1.14. The van der Waals surface area contributed by atoms with Crippen LogP contribution in [0.2, 0.25) is 0 Å². The minimum Gasteiger partial charge on any atom is -0.756 e. The lowest BCUT2D eigenvalue weighted by Crippen LogP contribution is -2.37. The fourth-order valence-electron chi connectivity index (χ4n) is 7.47. The van der Waals surface area contributed by atoms with E-state index in [1.54, 1.807) is 0 Å². The van der Waals surface area contributed by atoms with Gasteiger partial charge in [0, 0.05) is 12.8 Å². The summed E-state index contributed by atoms with van der Waals surface area (Å²) in [5.41, 5.74) is 0. The van der Waals surface area contributed by atoms with Gasteiger partial charge in [0.25, 0.3) is 7.82 Å². The molecule has 0 saturated heterocycles. The summed E-state index contributed by atoms with van der Waals surface area (Å²) in [4.78, 5) is 37.9. The van der Waals surface area contributed by atoms with Gasteiger partial charge in [0.2, 0.25) is 0 Å². The molecule has 0 rings (SSSR count). The van der Waals surface area contributed by atoms with Gasteiger partial charge in [-0.25, -0.2) is 0 Å². The molecule has 74 heavy (non-hydrogen) atoms. The lowest BCUT2D eigenvalue weighted by atomic mass is 10.1. The van der Waals surface area contributed by atoms with Gasteiger partial charge in [-0.05, 0) is 109 Å². The van der Waals surface area contributed by atoms with Crippen molar-refractivity contribution in [1.82, 2.24) is 0 Å². The third-order valence-corrected chi connectivity index (χ3v) is 12.9. The van der Waals surface area contributed by atoms with Crippen molar-refractivity contribution < 1.29 is 42.1 Å². The second-order valence-electron chi connectivity index (χ2n) is 20.3. The van der Waals surface area contributed by atoms with Crippen molar-refractivity contribution in [2.24, 2.45) is 0 Å². The molecule has 2 unspecified atom stereocenters. The summed E-state index contributed by atoms with van der Waals surface area (Å²) in [5, 5.41) is 0. The van der Waals surface area contributed by atoms with Crippen LogP contribution in [-0.2, 0) is 32.7 Å². The Labute approximate surface area is 454 Å². The van der Waals surface area contributed by atoms with Crippen molar-refractivity contribution in [2.45, 2.75) is 225 Å². The molecule has 10 heteroatoms. The average molecular weight is 1050 g/mol. The number of ether oxygens (including phenoxy) is 2. The van der Waals surface area contributed by atoms with Gasteiger partial charge in [-0.2, -0.15) is 0 Å². The molecule has 0 fully saturated rings. The highest BCUT2D eigenvalue weighted by molar-refractivity contribution is 7.45. The van der Waals surface area contributed by atoms with Gasteiger partial charge in [0.15, 0.2) is 6.10 Å². The Bertz CT molecular complexity index is 1660. The number of unbranched alkanes of at least 4 members (excludes halogenated alkanes) is 18. The van der Waals surface area contributed by atoms with E-state index in [1.807, 2.05) is 21.1 Å². The van der Waals surface area contributed by atoms with E-state index in [-0.39, 0.29) is 26.1 Å². The number of phosphoric acid groups is 1. The summed E-state index contributed by atoms with van der Waals surface area (Å²) >= 11 is 0. The van der Waals surface area contributed by atoms with Gasteiger partial charge in [0.05, 0.1) is 27.7 Å². The van der Waals surface area contributed by atoms with Gasteiger partial charge in [-0.1, -0.05) is 219 Å². The molecule has 0 aliphatic rings. The maximum atomic E-state index is 12.8. The van der Waals surface area contributed by atoms with Gasteiger partial charge in [0.1, 0.15) is 19.8 Å². The van der Waals surface area contributed by atoms with E-state index in [4.69, 9.17) is 18.5 Å². The number of esters is 2. The first-order chi connectivity index (χ1) is 36.0. The molecule has 2 atom stereocenters. The lowest BCUT2D eigenvalue weighted by molar-refractivity contribution is -0.870. The third kappa shape index (κ3) is 57.7. The number of phosphoric ester groups is 1. The number of carbonyl (C=O) groups excluding carboxylic acids is 2. The second-order valence-corrected chi connectivity index (χ2v) is 21.7. The summed E-state index contributed by atoms with van der Waals surface area (Å²) in [6, 6.07) is 0. The van der Waals surface area contributed by atoms with Crippen LogP contribution in [0.4, 0.5) is 0 Å². The van der Waals surface area contributed by atoms with Crippen molar-refractivity contribution in [3.63, 3.8) is 0 Å². The molecule has 422 valence electrons. The second kappa shape index (κ2) is 54.2. The lowest BCUT2D eigenvalue weighted by Gasteiger charge is -2.28. The molecule has 0 saturated carbocycles. The molecule has 0 radical (unpaired) electrons. The Morgan fingerprint density at radius 3 is 1.15 bits per heavy atom. The van der Waals surface area contributed by atoms with Crippen LogP contribution < -0.4 is 4.89 Å². The van der Waals surface area contributed by atoms with Crippen molar-refractivity contribution in [1.29, 1.82) is 0 Å². The van der Waals surface area contributed by atoms with E-state index in [2.05, 4.69) is 135 Å². The first kappa shape index (κ1) is 70.4. The van der Waals surface area contributed by atoms with Crippen molar-refractivity contribution in [2.75, 3.05) is 47.5 Å². The monoisotopic (exact) mass is 1050 g/mol. The zero-order valence-corrected chi connectivity index (χ0v) is 48.6. The summed E-state index contributed by atoms with van der Waals surface area (Å²) in [6.07, 6.45) is 76.6. The molecule has 0 aliphatic heterocycles. The highest BCUT2D eigenvalue weighted by atomic mass is 31.2. The summed E-state index contributed by atoms with van der Waals surface area (Å²) < 4.78 is 34.1. The fraction of sp³-hybridized carbons (Fsp3) is 0.656. The zero-order chi connectivity index (χ0) is 54.2. The van der Waals surface area contributed by atoms with Crippen molar-refractivity contribution in [3.05, 3.63) is 122 Å². The minimum absolute atomic E-state index is 0.0409. The number of quaternary nitrogens is 1. The predicted molar refractivity (Wildman–Crippen MR) is 314 cm³/mol. The molecule has 0 bridgehead atoms. The van der Waals surface area contributed by atoms with E-state index < -0.39 is 32.5 Å². The maximum Gasteiger partial charge on any atom is 0.306 e. The molecule has 0 aromatic rings. The highest BCUT2D eigenvalue weighted by Crippen LogP contribution is 2.38. The molecule has 0 spiro atoms. The van der Waals surface area contributed by atoms with Crippen molar-refractivity contribution >= 4 is 19.8 Å². The molecule has 0 aromatic carbocycles. The molecule has 0 amide bonds. The van der Waals surface area contributed by atoms with Crippen LogP contribution in [0.3, 0.4) is 0 Å². The minimum atomic E-state index is -4.65. The normalized spacial score (nSPS) is 14.2. The van der Waals surface area contributed by atoms with Gasteiger partial charge < -0.3 is 27.9 Å². The summed E-state index contributed by atoms with van der Waals surface area (Å²) in [5.74, 6) is -0.862. The molecule has 0 aromatic heterocycles. The first-order valence-electron chi connectivity index (χ1n) is 29.2. The van der Waals surface area contributed by atoms with Crippen LogP contribution in [0, 0.1) is 0 Å². The Morgan fingerprint density at radius 2 is 0.770 bits per heavy atom. The van der Waals surface area contributed by atoms with E-state index in [0.29, 0.717) is 23.9 Å². The smallest absolute Gasteiger partial charge is 0.306 e. The van der Waals surface area contributed by atoms with Crippen LogP contribution in [0.5, 0.6) is 0 Å². The van der Waals surface area contributed by atoms with E-state index in [1.165, 1.54) is 57.8 Å². The van der Waals surface area contributed by atoms with Gasteiger partial charge in [-0.15, -0.1) is 0 Å². The number of nitrogens with zero attached hydrogens (tertiary/aromatic N) is 1. The number of hydrogen-bond donors (Lipinski definition) is 0. The van der Waals surface area contributed by atoms with Gasteiger partial charge in [-0.3, -0.25) is 14.2 Å². The third-order valence-electron chi connectivity index (χ3n) is 12.0. The number of carbonyl (C=O) groups is 2. The molecular formula is C64H108NO8P. The number of hydrogen-bond acceptors (Lipinski definition) is 8. The van der Waals surface area contributed by atoms with Gasteiger partial charge >= 0.3 is 11.9 Å². The molecule has 0 N–H and O–H groups in total. The number of rotatable bonds is 52. The number of allylic oxidation sites excluding steroid dienone is 20. The maximum absolute atomic E-state index is 12.8. The first-order valence-corrected chi connectivity index (χ1v) is 30.7. The van der Waals surface area contributed by atoms with Crippen LogP contribution >= 0.6 is 7.82 Å². The Morgan fingerprint density at radius 1 is 0.432 bits per heavy atom. The highest BCUT2D eigenvalue weighted by Gasteiger charge is 2.21. The number of likely N-dealkylation sites (N-methyl/N-ethyl adjacent to an activating group) is 1. The quantitative estimate of drug-likeness (QED) is 0.0195. The predicted octanol–water partition coefficient (Wildman–Crippen LogP) is 17.7. The van der Waals surface area contributed by atoms with Crippen molar-refractivity contribution in [3.8, 4) is 0 Å². The van der Waals surface area contributed by atoms with Crippen LogP contribution in [0.25, 0.3) is 0 Å². The molecule has 0 heterocycles. The topological polar surface area (TPSA) is 111 Å². The molecule has 9 nitrogen and oxygen atoms in total. The standard InChI is InChI=1S/C64H108NO8P/c1-6-8-10-12-14-16-18-20-22-24-26-27-28-29-30-31-32-33-34-35-36-37-39-41-43-45-47-49-51-53-55-57-64(67)73-62(61-72-74(68,69)71-59-58-65(3,4)5)60-70-63(66)56-54-52-50-48-46-44-42-40-38-25-23-21-19-17-15-13-11-9-7-2/h8,10,14-17,20-23,26-27,29-30,32-33,35-36,38,40,62H,6-7,9,11-13,18-19,24-25,28,31,34,37,39,41-61H2,1-5H3/b10-8-,16-14-,17-15-,22-20-,23-21-,27-26-,30-29-,33-32-,36-35-,40-38-. The Hall–Kier alpha value is -3.59. The van der Waals surface area contributed by atoms with Crippen LogP contribution in [0.1, 0.15) is 219 Å². The fourth-order valence-corrected chi connectivity index (χ4v) is 8.19. The van der Waals surface area contributed by atoms with Crippen LogP contribution in [-0.4, -0.2) is 70.0 Å². The Kier molecular flexibility index (Phi) is 51.6. The average Bonchev–Trinajstić information content (AvgIpc) is 3.36. The SMILES string of the molecule is CC/C=C\C/C=C\C/C=C\C/C=C\C/C=C\C/C=C\C/C=C\CCCCCCCCCCCC(=O)OC(COC(=O)CCCCCCCC/C=C\C/C=C\C/C=C\CCCCC)COP(=O)([O-])OCC[N+](C)(C)C. The van der Waals surface area contributed by atoms with Crippen LogP contribution in [0.15, 0.2) is 122 Å². The molecule has 0 aliphatic carbocycles. The van der Waals surface area contributed by atoms with E-state index in [9.17, 15) is 19.0 Å². The molecular weight excluding hydrogens is 942 g/mol. The summed E-state index contributed by atoms with van der Waals surface area (Å²) in [6.45, 7) is 4.06. The Balaban J connectivity index is 4.22. The largest absolute Gasteiger partial charge is 0.756 e. The van der Waals surface area contributed by atoms with E-state index >= 15 is 0 Å². The van der Waals surface area contributed by atoms with E-state index in [0.717, 1.165) is 122 Å².